The van der Waals surface area contributed by atoms with E-state index in [1.807, 2.05) is 0 Å². The molecular formula is C16H26N2O3. The fraction of sp³-hybridized carbons (Fsp3) is 0.750. The van der Waals surface area contributed by atoms with Gasteiger partial charge in [-0.05, 0) is 45.6 Å². The fourth-order valence-corrected chi connectivity index (χ4v) is 3.25. The first-order valence-electron chi connectivity index (χ1n) is 7.97. The zero-order valence-electron chi connectivity index (χ0n) is 12.8. The Hall–Kier alpha value is -1.36. The standard InChI is InChI=1S/C16H26N2O3/c1-13-7-2-5-11-18(13)12-6-10-17-14(19)16(15(20)21)8-3-4-9-16/h3-4,13H,2,5-12H2,1H3,(H,17,19)(H,20,21). The number of carbonyl (C=O) groups is 2. The number of amides is 1. The van der Waals surface area contributed by atoms with Crippen molar-refractivity contribution in [1.29, 1.82) is 0 Å². The summed E-state index contributed by atoms with van der Waals surface area (Å²) in [5.74, 6) is -1.36. The van der Waals surface area contributed by atoms with Crippen LogP contribution in [-0.2, 0) is 9.59 Å². The Morgan fingerprint density at radius 3 is 2.67 bits per heavy atom. The number of nitrogens with one attached hydrogen (secondary N) is 1. The van der Waals surface area contributed by atoms with Gasteiger partial charge in [-0.2, -0.15) is 0 Å². The van der Waals surface area contributed by atoms with Crippen molar-refractivity contribution < 1.29 is 14.7 Å². The van der Waals surface area contributed by atoms with Crippen LogP contribution in [0.25, 0.3) is 0 Å². The number of carbonyl (C=O) groups excluding carboxylic acids is 1. The van der Waals surface area contributed by atoms with E-state index in [9.17, 15) is 14.7 Å². The van der Waals surface area contributed by atoms with Gasteiger partial charge >= 0.3 is 5.97 Å². The van der Waals surface area contributed by atoms with Crippen molar-refractivity contribution in [3.8, 4) is 0 Å². The van der Waals surface area contributed by atoms with Gasteiger partial charge in [-0.25, -0.2) is 0 Å². The second-order valence-electron chi connectivity index (χ2n) is 6.26. The second kappa shape index (κ2) is 7.07. The molecule has 118 valence electrons. The first-order valence-corrected chi connectivity index (χ1v) is 7.97. The van der Waals surface area contributed by atoms with E-state index in [0.717, 1.165) is 19.5 Å². The SMILES string of the molecule is CC1CCCCN1CCCNC(=O)C1(C(=O)O)CC=CC1. The van der Waals surface area contributed by atoms with Crippen LogP contribution in [0.3, 0.4) is 0 Å². The molecule has 21 heavy (non-hydrogen) atoms. The third-order valence-electron chi connectivity index (χ3n) is 4.79. The van der Waals surface area contributed by atoms with E-state index in [1.165, 1.54) is 19.3 Å². The van der Waals surface area contributed by atoms with Gasteiger partial charge in [-0.15, -0.1) is 0 Å². The lowest BCUT2D eigenvalue weighted by Crippen LogP contribution is -2.46. The van der Waals surface area contributed by atoms with Gasteiger partial charge in [0.15, 0.2) is 5.41 Å². The minimum absolute atomic E-state index is 0.303. The molecule has 0 aromatic rings. The van der Waals surface area contributed by atoms with Crippen LogP contribution >= 0.6 is 0 Å². The first kappa shape index (κ1) is 16.0. The van der Waals surface area contributed by atoms with Gasteiger partial charge in [0.05, 0.1) is 0 Å². The molecule has 5 heteroatoms. The molecule has 0 saturated carbocycles. The number of allylic oxidation sites excluding steroid dienone is 2. The molecule has 0 radical (unpaired) electrons. The number of nitrogens with zero attached hydrogens (tertiary/aromatic N) is 1. The highest BCUT2D eigenvalue weighted by Gasteiger charge is 2.46. The number of aliphatic carboxylic acids is 1. The van der Waals surface area contributed by atoms with Crippen LogP contribution in [0.2, 0.25) is 0 Å². The molecule has 1 saturated heterocycles. The maximum atomic E-state index is 12.2. The molecule has 0 bridgehead atoms. The van der Waals surface area contributed by atoms with E-state index in [1.54, 1.807) is 12.2 Å². The third kappa shape index (κ3) is 3.64. The van der Waals surface area contributed by atoms with Crippen molar-refractivity contribution in [3.63, 3.8) is 0 Å². The van der Waals surface area contributed by atoms with E-state index >= 15 is 0 Å². The van der Waals surface area contributed by atoms with Crippen LogP contribution < -0.4 is 5.32 Å². The molecule has 2 aliphatic rings. The Morgan fingerprint density at radius 1 is 1.33 bits per heavy atom. The quantitative estimate of drug-likeness (QED) is 0.445. The molecular weight excluding hydrogens is 268 g/mol. The summed E-state index contributed by atoms with van der Waals surface area (Å²) in [6.45, 7) is 4.91. The molecule has 1 heterocycles. The molecule has 1 atom stereocenters. The number of carboxylic acids is 1. The molecule has 2 rings (SSSR count). The summed E-state index contributed by atoms with van der Waals surface area (Å²) in [6.07, 6.45) is 8.85. The topological polar surface area (TPSA) is 69.6 Å². The predicted molar refractivity (Wildman–Crippen MR) is 81.0 cm³/mol. The lowest BCUT2D eigenvalue weighted by molar-refractivity contribution is -0.155. The van der Waals surface area contributed by atoms with Gasteiger partial charge in [0.1, 0.15) is 0 Å². The molecule has 1 unspecified atom stereocenters. The number of piperidine rings is 1. The van der Waals surface area contributed by atoms with Crippen LogP contribution in [0.5, 0.6) is 0 Å². The Morgan fingerprint density at radius 2 is 2.05 bits per heavy atom. The van der Waals surface area contributed by atoms with Crippen LogP contribution in [0.15, 0.2) is 12.2 Å². The second-order valence-corrected chi connectivity index (χ2v) is 6.26. The summed E-state index contributed by atoms with van der Waals surface area (Å²) in [5, 5.41) is 12.1. The molecule has 2 N–H and O–H groups in total. The number of rotatable bonds is 6. The average Bonchev–Trinajstić information content (AvgIpc) is 2.96. The Bertz CT molecular complexity index is 412. The molecule has 1 aliphatic carbocycles. The van der Waals surface area contributed by atoms with Crippen molar-refractivity contribution in [1.82, 2.24) is 10.2 Å². The highest BCUT2D eigenvalue weighted by molar-refractivity contribution is 6.02. The van der Waals surface area contributed by atoms with Crippen molar-refractivity contribution >= 4 is 11.9 Å². The molecule has 0 aromatic heterocycles. The van der Waals surface area contributed by atoms with Gasteiger partial charge in [-0.3, -0.25) is 9.59 Å². The summed E-state index contributed by atoms with van der Waals surface area (Å²) < 4.78 is 0. The highest BCUT2D eigenvalue weighted by Crippen LogP contribution is 2.33. The molecule has 1 fully saturated rings. The van der Waals surface area contributed by atoms with Crippen LogP contribution in [0.4, 0.5) is 0 Å². The maximum Gasteiger partial charge on any atom is 0.319 e. The minimum atomic E-state index is -1.27. The normalized spacial score (nSPS) is 24.9. The van der Waals surface area contributed by atoms with Gasteiger partial charge in [-0.1, -0.05) is 18.6 Å². The monoisotopic (exact) mass is 294 g/mol. The lowest BCUT2D eigenvalue weighted by Gasteiger charge is -2.33. The lowest BCUT2D eigenvalue weighted by atomic mass is 9.84. The van der Waals surface area contributed by atoms with Crippen molar-refractivity contribution in [3.05, 3.63) is 12.2 Å². The van der Waals surface area contributed by atoms with Crippen molar-refractivity contribution in [2.75, 3.05) is 19.6 Å². The van der Waals surface area contributed by atoms with E-state index in [-0.39, 0.29) is 5.91 Å². The largest absolute Gasteiger partial charge is 0.480 e. The van der Waals surface area contributed by atoms with Crippen LogP contribution in [-0.4, -0.2) is 47.6 Å². The minimum Gasteiger partial charge on any atom is -0.480 e. The molecule has 1 aliphatic heterocycles. The number of likely N-dealkylation sites (tertiary alicyclic amines) is 1. The van der Waals surface area contributed by atoms with E-state index in [0.29, 0.717) is 25.4 Å². The summed E-state index contributed by atoms with van der Waals surface area (Å²) in [4.78, 5) is 26.0. The van der Waals surface area contributed by atoms with Crippen LogP contribution in [0.1, 0.15) is 45.4 Å². The predicted octanol–water partition coefficient (Wildman–Crippen LogP) is 1.79. The summed E-state index contributed by atoms with van der Waals surface area (Å²) in [6, 6.07) is 0.624. The number of hydrogen-bond donors (Lipinski definition) is 2. The van der Waals surface area contributed by atoms with Gasteiger partial charge in [0, 0.05) is 19.1 Å². The average molecular weight is 294 g/mol. The molecule has 5 nitrogen and oxygen atoms in total. The smallest absolute Gasteiger partial charge is 0.319 e. The number of carboxylic acid groups (broad SMARTS) is 1. The van der Waals surface area contributed by atoms with E-state index in [4.69, 9.17) is 0 Å². The third-order valence-corrected chi connectivity index (χ3v) is 4.79. The summed E-state index contributed by atoms with van der Waals surface area (Å²) >= 11 is 0. The van der Waals surface area contributed by atoms with Crippen LogP contribution in [0, 0.1) is 5.41 Å². The zero-order valence-corrected chi connectivity index (χ0v) is 12.8. The zero-order chi connectivity index (χ0) is 15.3. The summed E-state index contributed by atoms with van der Waals surface area (Å²) in [7, 11) is 0. The van der Waals surface area contributed by atoms with E-state index in [2.05, 4.69) is 17.1 Å². The maximum absolute atomic E-state index is 12.2. The van der Waals surface area contributed by atoms with Crippen molar-refractivity contribution in [2.24, 2.45) is 5.41 Å². The fourth-order valence-electron chi connectivity index (χ4n) is 3.25. The first-order chi connectivity index (χ1) is 10.1. The van der Waals surface area contributed by atoms with Crippen molar-refractivity contribution in [2.45, 2.75) is 51.5 Å². The van der Waals surface area contributed by atoms with E-state index < -0.39 is 11.4 Å². The van der Waals surface area contributed by atoms with Gasteiger partial charge in [0.2, 0.25) is 5.91 Å². The number of hydrogen-bond acceptors (Lipinski definition) is 3. The molecule has 0 aromatic carbocycles. The van der Waals surface area contributed by atoms with Gasteiger partial charge < -0.3 is 15.3 Å². The van der Waals surface area contributed by atoms with Gasteiger partial charge in [0.25, 0.3) is 0 Å². The molecule has 0 spiro atoms. The Balaban J connectivity index is 1.73. The molecule has 1 amide bonds. The Labute approximate surface area is 126 Å². The Kier molecular flexibility index (Phi) is 5.39. The summed E-state index contributed by atoms with van der Waals surface area (Å²) in [5.41, 5.74) is -1.27. The highest BCUT2D eigenvalue weighted by atomic mass is 16.4.